The summed E-state index contributed by atoms with van der Waals surface area (Å²) >= 11 is 5.02. The van der Waals surface area contributed by atoms with Gasteiger partial charge in [-0.15, -0.1) is 16.4 Å². The maximum atomic E-state index is 11.5. The zero-order valence-corrected chi connectivity index (χ0v) is 13.3. The fraction of sp³-hybridized carbons (Fsp3) is 0.500. The van der Waals surface area contributed by atoms with Crippen LogP contribution in [0.4, 0.5) is 0 Å². The molecule has 0 amide bonds. The molecule has 20 heavy (non-hydrogen) atoms. The molecule has 0 fully saturated rings. The van der Waals surface area contributed by atoms with E-state index < -0.39 is 11.9 Å². The first-order valence-corrected chi connectivity index (χ1v) is 7.93. The molecule has 0 aliphatic rings. The van der Waals surface area contributed by atoms with Crippen molar-refractivity contribution in [2.75, 3.05) is 0 Å². The predicted octanol–water partition coefficient (Wildman–Crippen LogP) is 2.85. The van der Waals surface area contributed by atoms with Crippen LogP contribution in [-0.2, 0) is 11.2 Å². The number of thiophene rings is 1. The van der Waals surface area contributed by atoms with Gasteiger partial charge in [0.05, 0.1) is 9.70 Å². The Morgan fingerprint density at radius 3 is 2.85 bits per heavy atom. The average molecular weight is 359 g/mol. The van der Waals surface area contributed by atoms with Crippen LogP contribution in [0.1, 0.15) is 36.4 Å². The number of aromatic nitrogens is 4. The van der Waals surface area contributed by atoms with Gasteiger partial charge in [-0.3, -0.25) is 4.79 Å². The zero-order chi connectivity index (χ0) is 14.5. The first-order chi connectivity index (χ1) is 9.61. The van der Waals surface area contributed by atoms with Crippen LogP contribution in [0.3, 0.4) is 0 Å². The summed E-state index contributed by atoms with van der Waals surface area (Å²) in [5, 5.41) is 23.2. The van der Waals surface area contributed by atoms with E-state index in [0.717, 1.165) is 15.1 Å². The molecule has 0 radical (unpaired) electrons. The van der Waals surface area contributed by atoms with Gasteiger partial charge in [0.2, 0.25) is 0 Å². The molecule has 0 spiro atoms. The number of aliphatic carboxylic acids is 1. The normalized spacial score (nSPS) is 14.1. The first kappa shape index (κ1) is 15.1. The van der Waals surface area contributed by atoms with E-state index in [2.05, 4.69) is 36.6 Å². The summed E-state index contributed by atoms with van der Waals surface area (Å²) in [6.07, 6.45) is 2.03. The van der Waals surface area contributed by atoms with Gasteiger partial charge in [0.25, 0.3) is 0 Å². The number of halogens is 1. The lowest BCUT2D eigenvalue weighted by atomic mass is 9.85. The highest BCUT2D eigenvalue weighted by molar-refractivity contribution is 9.11. The topological polar surface area (TPSA) is 91.8 Å². The number of rotatable bonds is 7. The smallest absolute Gasteiger partial charge is 0.307 e. The molecular formula is C12H15BrN4O2S. The van der Waals surface area contributed by atoms with Crippen LogP contribution >= 0.6 is 27.3 Å². The largest absolute Gasteiger partial charge is 0.481 e. The second-order valence-electron chi connectivity index (χ2n) is 4.54. The maximum Gasteiger partial charge on any atom is 0.307 e. The molecule has 8 heteroatoms. The molecule has 0 bridgehead atoms. The number of hydrogen-bond acceptors (Lipinski definition) is 5. The Morgan fingerprint density at radius 2 is 2.35 bits per heavy atom. The zero-order valence-electron chi connectivity index (χ0n) is 10.9. The Morgan fingerprint density at radius 1 is 1.55 bits per heavy atom. The molecule has 6 nitrogen and oxygen atoms in total. The SMILES string of the molecule is CCCC(C(=O)O)[C@H](Cc1ccc(Br)s1)c1nnn[nH]1. The third kappa shape index (κ3) is 3.63. The lowest BCUT2D eigenvalue weighted by Gasteiger charge is -2.20. The van der Waals surface area contributed by atoms with Crippen LogP contribution in [0.15, 0.2) is 15.9 Å². The fourth-order valence-corrected chi connectivity index (χ4v) is 3.78. The minimum atomic E-state index is -0.802. The summed E-state index contributed by atoms with van der Waals surface area (Å²) in [6, 6.07) is 3.96. The summed E-state index contributed by atoms with van der Waals surface area (Å²) in [5.41, 5.74) is 0. The monoisotopic (exact) mass is 358 g/mol. The Hall–Kier alpha value is -1.28. The minimum Gasteiger partial charge on any atom is -0.481 e. The van der Waals surface area contributed by atoms with Gasteiger partial charge in [0.15, 0.2) is 5.82 Å². The van der Waals surface area contributed by atoms with Gasteiger partial charge in [0, 0.05) is 10.8 Å². The van der Waals surface area contributed by atoms with Crippen molar-refractivity contribution < 1.29 is 9.90 Å². The summed E-state index contributed by atoms with van der Waals surface area (Å²) < 4.78 is 1.03. The quantitative estimate of drug-likeness (QED) is 0.793. The predicted molar refractivity (Wildman–Crippen MR) is 78.7 cm³/mol. The van der Waals surface area contributed by atoms with Crippen molar-refractivity contribution in [1.29, 1.82) is 0 Å². The number of nitrogens with one attached hydrogen (secondary N) is 1. The van der Waals surface area contributed by atoms with Gasteiger partial charge < -0.3 is 5.11 Å². The minimum absolute atomic E-state index is 0.243. The van der Waals surface area contributed by atoms with E-state index in [1.807, 2.05) is 19.1 Å². The summed E-state index contributed by atoms with van der Waals surface area (Å²) in [4.78, 5) is 12.6. The number of H-pyrrole nitrogens is 1. The summed E-state index contributed by atoms with van der Waals surface area (Å²) in [5.74, 6) is -0.997. The molecular weight excluding hydrogens is 344 g/mol. The van der Waals surface area contributed by atoms with Crippen molar-refractivity contribution >= 4 is 33.2 Å². The molecule has 2 rings (SSSR count). The molecule has 2 aromatic heterocycles. The van der Waals surface area contributed by atoms with E-state index in [0.29, 0.717) is 18.7 Å². The van der Waals surface area contributed by atoms with E-state index >= 15 is 0 Å². The van der Waals surface area contributed by atoms with Crippen LogP contribution < -0.4 is 0 Å². The van der Waals surface area contributed by atoms with Crippen molar-refractivity contribution in [3.63, 3.8) is 0 Å². The maximum absolute atomic E-state index is 11.5. The Balaban J connectivity index is 2.26. The number of nitrogens with zero attached hydrogens (tertiary/aromatic N) is 3. The number of carboxylic acids is 1. The Kier molecular flexibility index (Phi) is 5.24. The number of carbonyl (C=O) groups is 1. The number of hydrogen-bond donors (Lipinski definition) is 2. The van der Waals surface area contributed by atoms with E-state index in [9.17, 15) is 9.90 Å². The van der Waals surface area contributed by atoms with Crippen LogP contribution in [0.2, 0.25) is 0 Å². The van der Waals surface area contributed by atoms with Crippen molar-refractivity contribution in [2.24, 2.45) is 5.92 Å². The number of aromatic amines is 1. The number of carboxylic acid groups (broad SMARTS) is 1. The molecule has 0 aromatic carbocycles. The van der Waals surface area contributed by atoms with Crippen LogP contribution in [0.25, 0.3) is 0 Å². The van der Waals surface area contributed by atoms with Gasteiger partial charge in [-0.25, -0.2) is 5.10 Å². The van der Waals surface area contributed by atoms with Crippen LogP contribution in [0, 0.1) is 5.92 Å². The van der Waals surface area contributed by atoms with E-state index in [1.165, 1.54) is 0 Å². The molecule has 1 unspecified atom stereocenters. The molecule has 0 aliphatic carbocycles. The molecule has 0 saturated heterocycles. The van der Waals surface area contributed by atoms with Crippen LogP contribution in [0.5, 0.6) is 0 Å². The standard InChI is InChI=1S/C12H15BrN4O2S/c1-2-3-8(12(18)19)9(11-14-16-17-15-11)6-7-4-5-10(13)20-7/h4-5,8-9H,2-3,6H2,1H3,(H,18,19)(H,14,15,16,17)/t8?,9-/m0/s1. The Bertz CT molecular complexity index is 558. The van der Waals surface area contributed by atoms with Crippen molar-refractivity contribution in [3.05, 3.63) is 26.6 Å². The highest BCUT2D eigenvalue weighted by Gasteiger charge is 2.31. The third-order valence-electron chi connectivity index (χ3n) is 3.17. The van der Waals surface area contributed by atoms with Gasteiger partial charge in [-0.05, 0) is 51.3 Å². The molecule has 0 saturated carbocycles. The van der Waals surface area contributed by atoms with Crippen molar-refractivity contribution in [3.8, 4) is 0 Å². The second kappa shape index (κ2) is 6.94. The summed E-state index contributed by atoms with van der Waals surface area (Å²) in [6.45, 7) is 1.98. The molecule has 2 atom stereocenters. The van der Waals surface area contributed by atoms with Crippen LogP contribution in [-0.4, -0.2) is 31.7 Å². The third-order valence-corrected chi connectivity index (χ3v) is 4.81. The van der Waals surface area contributed by atoms with Crippen molar-refractivity contribution in [1.82, 2.24) is 20.6 Å². The van der Waals surface area contributed by atoms with Crippen molar-refractivity contribution in [2.45, 2.75) is 32.1 Å². The highest BCUT2D eigenvalue weighted by Crippen LogP contribution is 2.33. The van der Waals surface area contributed by atoms with Gasteiger partial charge in [-0.2, -0.15) is 0 Å². The first-order valence-electron chi connectivity index (χ1n) is 6.32. The van der Waals surface area contributed by atoms with E-state index in [4.69, 9.17) is 0 Å². The molecule has 0 aliphatic heterocycles. The number of tetrazole rings is 1. The lowest BCUT2D eigenvalue weighted by molar-refractivity contribution is -0.142. The second-order valence-corrected chi connectivity index (χ2v) is 7.08. The van der Waals surface area contributed by atoms with Gasteiger partial charge in [0.1, 0.15) is 0 Å². The molecule has 2 aromatic rings. The van der Waals surface area contributed by atoms with E-state index in [-0.39, 0.29) is 5.92 Å². The molecule has 108 valence electrons. The molecule has 2 N–H and O–H groups in total. The van der Waals surface area contributed by atoms with Gasteiger partial charge in [-0.1, -0.05) is 13.3 Å². The lowest BCUT2D eigenvalue weighted by Crippen LogP contribution is -2.24. The van der Waals surface area contributed by atoms with Gasteiger partial charge >= 0.3 is 5.97 Å². The average Bonchev–Trinajstić information content (AvgIpc) is 3.04. The Labute approximate surface area is 128 Å². The molecule has 2 heterocycles. The fourth-order valence-electron chi connectivity index (χ4n) is 2.24. The highest BCUT2D eigenvalue weighted by atomic mass is 79.9. The van der Waals surface area contributed by atoms with E-state index in [1.54, 1.807) is 11.3 Å². The summed E-state index contributed by atoms with van der Waals surface area (Å²) in [7, 11) is 0.